The van der Waals surface area contributed by atoms with Gasteiger partial charge in [-0.2, -0.15) is 0 Å². The van der Waals surface area contributed by atoms with Crippen LogP contribution in [0.4, 0.5) is 0 Å². The van der Waals surface area contributed by atoms with Crippen molar-refractivity contribution >= 4 is 18.3 Å². The molecule has 1 unspecified atom stereocenters. The molecule has 2 N–H and O–H groups in total. The first kappa shape index (κ1) is 15.8. The summed E-state index contributed by atoms with van der Waals surface area (Å²) in [6, 6.07) is 5.76. The van der Waals surface area contributed by atoms with E-state index in [0.29, 0.717) is 12.1 Å². The van der Waals surface area contributed by atoms with Crippen LogP contribution in [0, 0.1) is 6.92 Å². The number of rotatable bonds is 3. The van der Waals surface area contributed by atoms with E-state index in [-0.39, 0.29) is 24.4 Å². The summed E-state index contributed by atoms with van der Waals surface area (Å²) < 4.78 is 5.26. The van der Waals surface area contributed by atoms with Gasteiger partial charge in [0.25, 0.3) is 5.91 Å². The number of hydrogen-bond donors (Lipinski definition) is 1. The maximum atomic E-state index is 12.4. The summed E-state index contributed by atoms with van der Waals surface area (Å²) in [5.41, 5.74) is 7.41. The van der Waals surface area contributed by atoms with E-state index in [2.05, 4.69) is 0 Å². The maximum absolute atomic E-state index is 12.4. The van der Waals surface area contributed by atoms with Crippen molar-refractivity contribution < 1.29 is 9.53 Å². The first-order valence-corrected chi connectivity index (χ1v) is 6.33. The number of carbonyl (C=O) groups is 1. The van der Waals surface area contributed by atoms with E-state index >= 15 is 0 Å². The number of halogens is 1. The van der Waals surface area contributed by atoms with Crippen LogP contribution in [0.5, 0.6) is 5.75 Å². The molecule has 5 heteroatoms. The number of aryl methyl sites for hydroxylation is 1. The highest BCUT2D eigenvalue weighted by atomic mass is 35.5. The summed E-state index contributed by atoms with van der Waals surface area (Å²) in [5, 5.41) is 0. The molecule has 1 aromatic carbocycles. The number of nitrogens with two attached hydrogens (primary N) is 1. The Balaban J connectivity index is 0.00000180. The number of likely N-dealkylation sites (tertiary alicyclic amines) is 1. The number of amides is 1. The van der Waals surface area contributed by atoms with Gasteiger partial charge in [-0.3, -0.25) is 4.79 Å². The van der Waals surface area contributed by atoms with Crippen molar-refractivity contribution in [3.63, 3.8) is 0 Å². The quantitative estimate of drug-likeness (QED) is 0.923. The average Bonchev–Trinajstić information content (AvgIpc) is 2.86. The van der Waals surface area contributed by atoms with Gasteiger partial charge in [0.05, 0.1) is 7.11 Å². The van der Waals surface area contributed by atoms with Gasteiger partial charge in [0.15, 0.2) is 0 Å². The highest BCUT2D eigenvalue weighted by Crippen LogP contribution is 2.23. The van der Waals surface area contributed by atoms with E-state index in [4.69, 9.17) is 10.5 Å². The lowest BCUT2D eigenvalue weighted by Crippen LogP contribution is -2.39. The van der Waals surface area contributed by atoms with Crippen LogP contribution >= 0.6 is 12.4 Å². The van der Waals surface area contributed by atoms with Gasteiger partial charge in [-0.25, -0.2) is 0 Å². The van der Waals surface area contributed by atoms with Crippen LogP contribution in [0.2, 0.25) is 0 Å². The fraction of sp³-hybridized carbons (Fsp3) is 0.500. The van der Waals surface area contributed by atoms with Gasteiger partial charge in [0, 0.05) is 24.7 Å². The van der Waals surface area contributed by atoms with Gasteiger partial charge in [0.2, 0.25) is 0 Å². The van der Waals surface area contributed by atoms with Gasteiger partial charge < -0.3 is 15.4 Å². The van der Waals surface area contributed by atoms with Crippen molar-refractivity contribution in [1.82, 2.24) is 4.90 Å². The second-order valence-electron chi connectivity index (χ2n) is 4.71. The summed E-state index contributed by atoms with van der Waals surface area (Å²) in [4.78, 5) is 14.3. The van der Waals surface area contributed by atoms with E-state index in [1.165, 1.54) is 0 Å². The Bertz CT molecular complexity index is 451. The summed E-state index contributed by atoms with van der Waals surface area (Å²) in [7, 11) is 1.62. The Labute approximate surface area is 120 Å². The Hall–Kier alpha value is -1.26. The zero-order valence-electron chi connectivity index (χ0n) is 11.4. The third-order valence-electron chi connectivity index (χ3n) is 3.57. The van der Waals surface area contributed by atoms with Crippen molar-refractivity contribution in [2.75, 3.05) is 20.2 Å². The van der Waals surface area contributed by atoms with Crippen LogP contribution in [-0.2, 0) is 0 Å². The summed E-state index contributed by atoms with van der Waals surface area (Å²) in [5.74, 6) is 0.811. The van der Waals surface area contributed by atoms with Gasteiger partial charge in [-0.1, -0.05) is 6.07 Å². The molecule has 1 aliphatic rings. The topological polar surface area (TPSA) is 55.6 Å². The number of methoxy groups -OCH3 is 1. The summed E-state index contributed by atoms with van der Waals surface area (Å²) >= 11 is 0. The first-order valence-electron chi connectivity index (χ1n) is 6.33. The number of ether oxygens (including phenoxy) is 1. The Morgan fingerprint density at radius 3 is 2.89 bits per heavy atom. The monoisotopic (exact) mass is 284 g/mol. The number of benzene rings is 1. The summed E-state index contributed by atoms with van der Waals surface area (Å²) in [6.07, 6.45) is 2.04. The third kappa shape index (κ3) is 3.19. The third-order valence-corrected chi connectivity index (χ3v) is 3.57. The van der Waals surface area contributed by atoms with Crippen LogP contribution in [0.3, 0.4) is 0 Å². The minimum Gasteiger partial charge on any atom is -0.496 e. The second-order valence-corrected chi connectivity index (χ2v) is 4.71. The molecule has 1 amide bonds. The summed E-state index contributed by atoms with van der Waals surface area (Å²) in [6.45, 7) is 3.30. The van der Waals surface area contributed by atoms with Gasteiger partial charge in [-0.15, -0.1) is 12.4 Å². The zero-order valence-corrected chi connectivity index (χ0v) is 12.2. The van der Waals surface area contributed by atoms with Gasteiger partial charge in [0.1, 0.15) is 5.75 Å². The van der Waals surface area contributed by atoms with E-state index in [1.54, 1.807) is 7.11 Å². The van der Waals surface area contributed by atoms with E-state index in [9.17, 15) is 4.79 Å². The lowest BCUT2D eigenvalue weighted by atomic mass is 10.1. The van der Waals surface area contributed by atoms with Crippen LogP contribution in [-0.4, -0.2) is 37.0 Å². The molecule has 2 rings (SSSR count). The molecule has 19 heavy (non-hydrogen) atoms. The Kier molecular flexibility index (Phi) is 5.63. The van der Waals surface area contributed by atoms with Crippen LogP contribution in [0.25, 0.3) is 0 Å². The number of carbonyl (C=O) groups excluding carboxylic acids is 1. The highest BCUT2D eigenvalue weighted by Gasteiger charge is 2.28. The second kappa shape index (κ2) is 6.78. The molecule has 4 nitrogen and oxygen atoms in total. The molecule has 106 valence electrons. The molecule has 0 radical (unpaired) electrons. The minimum absolute atomic E-state index is 0. The van der Waals surface area contributed by atoms with E-state index in [0.717, 1.165) is 30.7 Å². The molecule has 1 atom stereocenters. The molecule has 0 aromatic heterocycles. The predicted octanol–water partition coefficient (Wildman–Crippen LogP) is 1.99. The molecular weight excluding hydrogens is 264 g/mol. The molecule has 1 heterocycles. The Morgan fingerprint density at radius 1 is 1.53 bits per heavy atom. The van der Waals surface area contributed by atoms with Gasteiger partial charge >= 0.3 is 0 Å². The molecular formula is C14H21ClN2O2. The Morgan fingerprint density at radius 2 is 2.26 bits per heavy atom. The predicted molar refractivity (Wildman–Crippen MR) is 78.1 cm³/mol. The SMILES string of the molecule is COc1cc(C(=O)N2CCCC2CN)ccc1C.Cl. The molecule has 0 saturated carbocycles. The molecule has 1 aliphatic heterocycles. The molecule has 0 spiro atoms. The number of hydrogen-bond acceptors (Lipinski definition) is 3. The lowest BCUT2D eigenvalue weighted by molar-refractivity contribution is 0.0741. The molecule has 1 saturated heterocycles. The average molecular weight is 285 g/mol. The van der Waals surface area contributed by atoms with E-state index in [1.807, 2.05) is 30.0 Å². The largest absolute Gasteiger partial charge is 0.496 e. The lowest BCUT2D eigenvalue weighted by Gasteiger charge is -2.23. The van der Waals surface area contributed by atoms with E-state index < -0.39 is 0 Å². The van der Waals surface area contributed by atoms with Crippen molar-refractivity contribution in [2.45, 2.75) is 25.8 Å². The van der Waals surface area contributed by atoms with Crippen LogP contribution in [0.1, 0.15) is 28.8 Å². The van der Waals surface area contributed by atoms with Crippen LogP contribution in [0.15, 0.2) is 18.2 Å². The number of nitrogens with zero attached hydrogens (tertiary/aromatic N) is 1. The first-order chi connectivity index (χ1) is 8.67. The van der Waals surface area contributed by atoms with Crippen molar-refractivity contribution in [3.8, 4) is 5.75 Å². The minimum atomic E-state index is 0. The highest BCUT2D eigenvalue weighted by molar-refractivity contribution is 5.95. The molecule has 1 fully saturated rings. The van der Waals surface area contributed by atoms with Crippen LogP contribution < -0.4 is 10.5 Å². The molecule has 1 aromatic rings. The van der Waals surface area contributed by atoms with Crippen molar-refractivity contribution in [2.24, 2.45) is 5.73 Å². The maximum Gasteiger partial charge on any atom is 0.254 e. The van der Waals surface area contributed by atoms with Crippen molar-refractivity contribution in [3.05, 3.63) is 29.3 Å². The normalized spacial score (nSPS) is 18.1. The standard InChI is InChI=1S/C14H20N2O2.ClH/c1-10-5-6-11(8-13(10)18-2)14(17)16-7-3-4-12(16)9-15;/h5-6,8,12H,3-4,7,9,15H2,1-2H3;1H. The fourth-order valence-corrected chi connectivity index (χ4v) is 2.47. The van der Waals surface area contributed by atoms with Gasteiger partial charge in [-0.05, 0) is 37.5 Å². The molecule has 0 bridgehead atoms. The fourth-order valence-electron chi connectivity index (χ4n) is 2.47. The smallest absolute Gasteiger partial charge is 0.254 e. The molecule has 0 aliphatic carbocycles. The zero-order chi connectivity index (χ0) is 13.1. The van der Waals surface area contributed by atoms with Crippen molar-refractivity contribution in [1.29, 1.82) is 0 Å².